The Morgan fingerprint density at radius 3 is 2.64 bits per heavy atom. The molecular weight excluding hydrogens is 381 g/mol. The van der Waals surface area contributed by atoms with E-state index in [4.69, 9.17) is 5.11 Å². The fraction of sp³-hybridized carbons (Fsp3) is 0.476. The zero-order valence-corrected chi connectivity index (χ0v) is 16.4. The largest absolute Gasteiger partial charge is 0.481 e. The molecule has 3 rings (SSSR count). The van der Waals surface area contributed by atoms with Gasteiger partial charge in [-0.25, -0.2) is 17.5 Å². The van der Waals surface area contributed by atoms with Crippen molar-refractivity contribution in [2.24, 2.45) is 17.8 Å². The number of hydrogen-bond donors (Lipinski definition) is 2. The summed E-state index contributed by atoms with van der Waals surface area (Å²) in [6.45, 7) is 0. The highest BCUT2D eigenvalue weighted by atomic mass is 32.2. The monoisotopic (exact) mass is 407 g/mol. The van der Waals surface area contributed by atoms with Gasteiger partial charge in [-0.15, -0.1) is 0 Å². The lowest BCUT2D eigenvalue weighted by atomic mass is 9.85. The molecule has 0 spiro atoms. The van der Waals surface area contributed by atoms with E-state index in [9.17, 15) is 17.6 Å². The summed E-state index contributed by atoms with van der Waals surface area (Å²) in [4.78, 5) is 10.5. The summed E-state index contributed by atoms with van der Waals surface area (Å²) in [7, 11) is -3.57. The van der Waals surface area contributed by atoms with Crippen LogP contribution in [0.25, 0.3) is 6.08 Å². The van der Waals surface area contributed by atoms with Gasteiger partial charge in [-0.3, -0.25) is 4.79 Å². The van der Waals surface area contributed by atoms with E-state index >= 15 is 0 Å². The Bertz CT molecular complexity index is 848. The first-order valence-corrected chi connectivity index (χ1v) is 11.2. The van der Waals surface area contributed by atoms with E-state index in [0.717, 1.165) is 31.1 Å². The lowest BCUT2D eigenvalue weighted by Gasteiger charge is -2.27. The van der Waals surface area contributed by atoms with Crippen LogP contribution in [-0.2, 0) is 14.8 Å². The van der Waals surface area contributed by atoms with Gasteiger partial charge in [-0.2, -0.15) is 0 Å². The summed E-state index contributed by atoms with van der Waals surface area (Å²) >= 11 is 0. The number of carbonyl (C=O) groups is 1. The third-order valence-electron chi connectivity index (χ3n) is 5.64. The molecule has 0 aromatic heterocycles. The molecule has 0 saturated heterocycles. The van der Waals surface area contributed by atoms with Crippen molar-refractivity contribution in [1.29, 1.82) is 0 Å². The van der Waals surface area contributed by atoms with Crippen molar-refractivity contribution >= 4 is 22.1 Å². The van der Waals surface area contributed by atoms with Crippen LogP contribution in [0.3, 0.4) is 0 Å². The summed E-state index contributed by atoms with van der Waals surface area (Å²) in [6, 6.07) is 5.58. The van der Waals surface area contributed by atoms with Crippen molar-refractivity contribution in [2.45, 2.75) is 44.6 Å². The highest BCUT2D eigenvalue weighted by Crippen LogP contribution is 2.49. The quantitative estimate of drug-likeness (QED) is 0.480. The molecule has 5 nitrogen and oxygen atoms in total. The predicted octanol–water partition coefficient (Wildman–Crippen LogP) is 3.94. The molecule has 2 N–H and O–H groups in total. The molecule has 0 aliphatic heterocycles. The summed E-state index contributed by atoms with van der Waals surface area (Å²) in [5, 5.41) is 9.81. The zero-order chi connectivity index (χ0) is 20.1. The minimum absolute atomic E-state index is 0.0738. The maximum Gasteiger partial charge on any atom is 0.303 e. The van der Waals surface area contributed by atoms with Crippen LogP contribution < -0.4 is 4.72 Å². The van der Waals surface area contributed by atoms with Crippen molar-refractivity contribution in [3.63, 3.8) is 0 Å². The Kier molecular flexibility index (Phi) is 6.67. The minimum atomic E-state index is -3.57. The topological polar surface area (TPSA) is 83.5 Å². The first-order valence-electron chi connectivity index (χ1n) is 9.67. The third-order valence-corrected chi connectivity index (χ3v) is 6.76. The van der Waals surface area contributed by atoms with Crippen LogP contribution in [0.5, 0.6) is 0 Å². The van der Waals surface area contributed by atoms with Crippen molar-refractivity contribution < 1.29 is 22.7 Å². The number of aliphatic carboxylic acids is 1. The second kappa shape index (κ2) is 9.01. The molecule has 7 heteroatoms. The Balaban J connectivity index is 1.54. The van der Waals surface area contributed by atoms with Crippen molar-refractivity contribution in [3.05, 3.63) is 53.2 Å². The molecule has 152 valence electrons. The van der Waals surface area contributed by atoms with Crippen LogP contribution in [0, 0.1) is 23.6 Å². The molecule has 2 fully saturated rings. The maximum absolute atomic E-state index is 12.9. The van der Waals surface area contributed by atoms with E-state index in [-0.39, 0.29) is 24.2 Å². The van der Waals surface area contributed by atoms with Gasteiger partial charge in [0.15, 0.2) is 0 Å². The van der Waals surface area contributed by atoms with Crippen molar-refractivity contribution in [1.82, 2.24) is 4.72 Å². The zero-order valence-electron chi connectivity index (χ0n) is 15.6. The van der Waals surface area contributed by atoms with Crippen LogP contribution >= 0.6 is 0 Å². The maximum atomic E-state index is 12.9. The predicted molar refractivity (Wildman–Crippen MR) is 106 cm³/mol. The molecule has 2 aliphatic rings. The number of fused-ring (bicyclic) bond motifs is 2. The number of halogens is 1. The highest BCUT2D eigenvalue weighted by Gasteiger charge is 2.46. The average molecular weight is 408 g/mol. The van der Waals surface area contributed by atoms with E-state index in [1.165, 1.54) is 30.3 Å². The van der Waals surface area contributed by atoms with Gasteiger partial charge in [0.05, 0.1) is 0 Å². The molecule has 0 radical (unpaired) electrons. The van der Waals surface area contributed by atoms with E-state index < -0.39 is 16.0 Å². The molecular formula is C21H26FNO4S. The first-order chi connectivity index (χ1) is 13.3. The SMILES string of the molecule is O=C(O)CCCC=CC1CC2CC(NS(=O)(=O)C=Cc3ccc(F)cc3)C1C2. The molecule has 1 aromatic rings. The second-order valence-electron chi connectivity index (χ2n) is 7.74. The molecule has 0 heterocycles. The summed E-state index contributed by atoms with van der Waals surface area (Å²) in [6.07, 6.45) is 10.1. The Morgan fingerprint density at radius 1 is 1.21 bits per heavy atom. The summed E-state index contributed by atoms with van der Waals surface area (Å²) < 4.78 is 40.6. The fourth-order valence-electron chi connectivity index (χ4n) is 4.40. The number of unbranched alkanes of at least 4 members (excludes halogenated alkanes) is 1. The molecule has 1 aromatic carbocycles. The number of nitrogens with one attached hydrogen (secondary N) is 1. The van der Waals surface area contributed by atoms with E-state index in [0.29, 0.717) is 23.8 Å². The van der Waals surface area contributed by atoms with Crippen molar-refractivity contribution in [2.75, 3.05) is 0 Å². The number of hydrogen-bond acceptors (Lipinski definition) is 3. The lowest BCUT2D eigenvalue weighted by Crippen LogP contribution is -2.40. The molecule has 4 atom stereocenters. The van der Waals surface area contributed by atoms with E-state index in [2.05, 4.69) is 10.8 Å². The normalized spacial score (nSPS) is 27.2. The van der Waals surface area contributed by atoms with Gasteiger partial charge in [0.2, 0.25) is 10.0 Å². The lowest BCUT2D eigenvalue weighted by molar-refractivity contribution is -0.137. The molecule has 2 bridgehead atoms. The van der Waals surface area contributed by atoms with E-state index in [1.54, 1.807) is 0 Å². The Labute approximate surface area is 165 Å². The second-order valence-corrected chi connectivity index (χ2v) is 9.34. The van der Waals surface area contributed by atoms with Gasteiger partial charge >= 0.3 is 5.97 Å². The van der Waals surface area contributed by atoms with Crippen LogP contribution in [-0.4, -0.2) is 25.5 Å². The third kappa shape index (κ3) is 5.75. The fourth-order valence-corrected chi connectivity index (χ4v) is 5.50. The number of carboxylic acids is 1. The van der Waals surface area contributed by atoms with Crippen LogP contribution in [0.2, 0.25) is 0 Å². The van der Waals surface area contributed by atoms with Gasteiger partial charge in [-0.1, -0.05) is 24.3 Å². The smallest absolute Gasteiger partial charge is 0.303 e. The molecule has 2 saturated carbocycles. The van der Waals surface area contributed by atoms with Gasteiger partial charge in [0, 0.05) is 17.9 Å². The van der Waals surface area contributed by atoms with Crippen LogP contribution in [0.4, 0.5) is 4.39 Å². The number of benzene rings is 1. The average Bonchev–Trinajstić information content (AvgIpc) is 3.20. The van der Waals surface area contributed by atoms with Crippen LogP contribution in [0.1, 0.15) is 44.1 Å². The molecule has 4 unspecified atom stereocenters. The number of rotatable bonds is 9. The number of allylic oxidation sites excluding steroid dienone is 2. The summed E-state index contributed by atoms with van der Waals surface area (Å²) in [5.41, 5.74) is 0.627. The molecule has 28 heavy (non-hydrogen) atoms. The van der Waals surface area contributed by atoms with Gasteiger partial charge in [0.25, 0.3) is 0 Å². The Morgan fingerprint density at radius 2 is 1.96 bits per heavy atom. The highest BCUT2D eigenvalue weighted by molar-refractivity contribution is 7.92. The number of sulfonamides is 1. The number of carboxylic acid groups (broad SMARTS) is 1. The van der Waals surface area contributed by atoms with Crippen molar-refractivity contribution in [3.8, 4) is 0 Å². The van der Waals surface area contributed by atoms with Crippen LogP contribution in [0.15, 0.2) is 41.8 Å². The van der Waals surface area contributed by atoms with Gasteiger partial charge < -0.3 is 5.11 Å². The van der Waals surface area contributed by atoms with E-state index in [1.807, 2.05) is 6.08 Å². The van der Waals surface area contributed by atoms with Gasteiger partial charge in [-0.05, 0) is 73.6 Å². The molecule has 2 aliphatic carbocycles. The standard InChI is InChI=1S/C21H26FNO4S/c22-18-8-6-15(7-9-18)10-11-28(26,27)23-20-14-16-12-17(19(20)13-16)4-2-1-3-5-21(24)25/h2,4,6-11,16-17,19-20,23H,1,3,5,12-14H2,(H,24,25). The summed E-state index contributed by atoms with van der Waals surface area (Å²) in [5.74, 6) is 0.0261. The first kappa shape index (κ1) is 20.7. The minimum Gasteiger partial charge on any atom is -0.481 e. The Hall–Kier alpha value is -1.99. The van der Waals surface area contributed by atoms with Gasteiger partial charge in [0.1, 0.15) is 5.82 Å². The molecule has 0 amide bonds.